The van der Waals surface area contributed by atoms with E-state index in [9.17, 15) is 0 Å². The van der Waals surface area contributed by atoms with Crippen LogP contribution in [-0.4, -0.2) is 35.7 Å². The second kappa shape index (κ2) is 3.71. The van der Waals surface area contributed by atoms with Crippen molar-refractivity contribution < 1.29 is 4.74 Å². The fourth-order valence-corrected chi connectivity index (χ4v) is 3.33. The van der Waals surface area contributed by atoms with Crippen LogP contribution in [0.25, 0.3) is 0 Å². The number of rotatable bonds is 0. The van der Waals surface area contributed by atoms with Gasteiger partial charge in [-0.15, -0.1) is 0 Å². The highest BCUT2D eigenvalue weighted by atomic mass is 16.5. The van der Waals surface area contributed by atoms with Gasteiger partial charge in [-0.3, -0.25) is 4.90 Å². The standard InChI is InChI=1S/C14H27NO/c1-12(2,3)15-8-6-14(7-9-15)10-13(4,5)16-11-14/h6-11H2,1-5H3. The van der Waals surface area contributed by atoms with Crippen LogP contribution in [-0.2, 0) is 4.74 Å². The highest BCUT2D eigenvalue weighted by Gasteiger charge is 2.46. The van der Waals surface area contributed by atoms with Crippen molar-refractivity contribution in [2.75, 3.05) is 19.7 Å². The van der Waals surface area contributed by atoms with Crippen molar-refractivity contribution in [3.05, 3.63) is 0 Å². The molecule has 0 aromatic heterocycles. The summed E-state index contributed by atoms with van der Waals surface area (Å²) in [5, 5.41) is 0. The Morgan fingerprint density at radius 2 is 1.62 bits per heavy atom. The molecule has 0 aromatic carbocycles. The summed E-state index contributed by atoms with van der Waals surface area (Å²) >= 11 is 0. The van der Waals surface area contributed by atoms with Gasteiger partial charge < -0.3 is 4.74 Å². The van der Waals surface area contributed by atoms with Crippen molar-refractivity contribution >= 4 is 0 Å². The Kier molecular flexibility index (Phi) is 2.87. The third-order valence-electron chi connectivity index (χ3n) is 4.34. The molecule has 16 heavy (non-hydrogen) atoms. The summed E-state index contributed by atoms with van der Waals surface area (Å²) in [6, 6.07) is 0. The lowest BCUT2D eigenvalue weighted by atomic mass is 9.74. The summed E-state index contributed by atoms with van der Waals surface area (Å²) in [5.74, 6) is 0. The number of piperidine rings is 1. The average Bonchev–Trinajstić information content (AvgIpc) is 2.41. The summed E-state index contributed by atoms with van der Waals surface area (Å²) in [4.78, 5) is 2.61. The van der Waals surface area contributed by atoms with E-state index in [0.717, 1.165) is 6.61 Å². The van der Waals surface area contributed by atoms with Crippen molar-refractivity contribution in [2.24, 2.45) is 5.41 Å². The van der Waals surface area contributed by atoms with Crippen molar-refractivity contribution in [3.63, 3.8) is 0 Å². The van der Waals surface area contributed by atoms with Gasteiger partial charge in [0.2, 0.25) is 0 Å². The number of hydrogen-bond acceptors (Lipinski definition) is 2. The van der Waals surface area contributed by atoms with Gasteiger partial charge in [0.1, 0.15) is 0 Å². The van der Waals surface area contributed by atoms with E-state index in [1.165, 1.54) is 32.4 Å². The van der Waals surface area contributed by atoms with Gasteiger partial charge in [0.25, 0.3) is 0 Å². The summed E-state index contributed by atoms with van der Waals surface area (Å²) in [7, 11) is 0. The summed E-state index contributed by atoms with van der Waals surface area (Å²) in [5.41, 5.74) is 0.936. The smallest absolute Gasteiger partial charge is 0.0633 e. The maximum Gasteiger partial charge on any atom is 0.0633 e. The highest BCUT2D eigenvalue weighted by molar-refractivity contribution is 4.97. The zero-order valence-corrected chi connectivity index (χ0v) is 11.6. The Hall–Kier alpha value is -0.0800. The Bertz CT molecular complexity index is 256. The van der Waals surface area contributed by atoms with E-state index >= 15 is 0 Å². The molecule has 0 unspecified atom stereocenters. The Morgan fingerprint density at radius 1 is 1.06 bits per heavy atom. The van der Waals surface area contributed by atoms with Gasteiger partial charge in [-0.1, -0.05) is 0 Å². The molecule has 0 saturated carbocycles. The molecule has 2 aliphatic heterocycles. The first kappa shape index (κ1) is 12.4. The van der Waals surface area contributed by atoms with E-state index in [-0.39, 0.29) is 5.60 Å². The number of nitrogens with zero attached hydrogens (tertiary/aromatic N) is 1. The fraction of sp³-hybridized carbons (Fsp3) is 1.00. The molecule has 2 heteroatoms. The summed E-state index contributed by atoms with van der Waals surface area (Å²) in [6.45, 7) is 14.9. The van der Waals surface area contributed by atoms with E-state index < -0.39 is 0 Å². The molecule has 0 bridgehead atoms. The van der Waals surface area contributed by atoms with Crippen LogP contribution in [0.2, 0.25) is 0 Å². The third-order valence-corrected chi connectivity index (χ3v) is 4.34. The number of likely N-dealkylation sites (tertiary alicyclic amines) is 1. The van der Waals surface area contributed by atoms with Crippen LogP contribution in [0.15, 0.2) is 0 Å². The normalized spacial score (nSPS) is 29.8. The third kappa shape index (κ3) is 2.43. The number of hydrogen-bond donors (Lipinski definition) is 0. The minimum atomic E-state index is 0.115. The molecule has 2 saturated heterocycles. The maximum absolute atomic E-state index is 5.94. The Labute approximate surface area is 100 Å². The van der Waals surface area contributed by atoms with Crippen LogP contribution in [0.3, 0.4) is 0 Å². The molecule has 0 N–H and O–H groups in total. The molecule has 0 atom stereocenters. The van der Waals surface area contributed by atoms with Crippen LogP contribution < -0.4 is 0 Å². The van der Waals surface area contributed by atoms with Crippen LogP contribution in [0, 0.1) is 5.41 Å². The zero-order chi connectivity index (χ0) is 12.0. The Balaban J connectivity index is 1.96. The van der Waals surface area contributed by atoms with Crippen LogP contribution >= 0.6 is 0 Å². The lowest BCUT2D eigenvalue weighted by Crippen LogP contribution is -2.49. The van der Waals surface area contributed by atoms with Crippen molar-refractivity contribution in [3.8, 4) is 0 Å². The van der Waals surface area contributed by atoms with E-state index in [4.69, 9.17) is 4.74 Å². The molecule has 94 valence electrons. The molecular formula is C14H27NO. The second-order valence-electron chi connectivity index (χ2n) is 7.38. The molecule has 1 spiro atoms. The molecule has 2 heterocycles. The van der Waals surface area contributed by atoms with Gasteiger partial charge in [-0.25, -0.2) is 0 Å². The van der Waals surface area contributed by atoms with E-state index in [1.807, 2.05) is 0 Å². The fourth-order valence-electron chi connectivity index (χ4n) is 3.33. The van der Waals surface area contributed by atoms with E-state index in [1.54, 1.807) is 0 Å². The molecule has 0 radical (unpaired) electrons. The topological polar surface area (TPSA) is 12.5 Å². The van der Waals surface area contributed by atoms with Gasteiger partial charge in [0.15, 0.2) is 0 Å². The molecule has 0 amide bonds. The lowest BCUT2D eigenvalue weighted by Gasteiger charge is -2.44. The average molecular weight is 225 g/mol. The number of ether oxygens (including phenoxy) is 1. The van der Waals surface area contributed by atoms with Gasteiger partial charge >= 0.3 is 0 Å². The molecule has 2 rings (SSSR count). The second-order valence-corrected chi connectivity index (χ2v) is 7.38. The first-order valence-electron chi connectivity index (χ1n) is 6.62. The van der Waals surface area contributed by atoms with Gasteiger partial charge in [0.05, 0.1) is 12.2 Å². The predicted octanol–water partition coefficient (Wildman–Crippen LogP) is 3.07. The Morgan fingerprint density at radius 3 is 2.00 bits per heavy atom. The minimum Gasteiger partial charge on any atom is -0.375 e. The molecular weight excluding hydrogens is 198 g/mol. The van der Waals surface area contributed by atoms with Crippen molar-refractivity contribution in [1.82, 2.24) is 4.90 Å². The highest BCUT2D eigenvalue weighted by Crippen LogP contribution is 2.46. The SMILES string of the molecule is CC1(C)CC2(CCN(C(C)(C)C)CC2)CO1. The molecule has 2 aliphatic rings. The quantitative estimate of drug-likeness (QED) is 0.628. The van der Waals surface area contributed by atoms with Crippen molar-refractivity contribution in [2.45, 2.75) is 65.0 Å². The van der Waals surface area contributed by atoms with Crippen LogP contribution in [0.5, 0.6) is 0 Å². The zero-order valence-electron chi connectivity index (χ0n) is 11.6. The largest absolute Gasteiger partial charge is 0.375 e. The predicted molar refractivity (Wildman–Crippen MR) is 67.6 cm³/mol. The van der Waals surface area contributed by atoms with Crippen LogP contribution in [0.4, 0.5) is 0 Å². The van der Waals surface area contributed by atoms with Crippen molar-refractivity contribution in [1.29, 1.82) is 0 Å². The maximum atomic E-state index is 5.94. The first-order valence-corrected chi connectivity index (χ1v) is 6.62. The first-order chi connectivity index (χ1) is 7.23. The minimum absolute atomic E-state index is 0.115. The van der Waals surface area contributed by atoms with E-state index in [2.05, 4.69) is 39.5 Å². The molecule has 0 aliphatic carbocycles. The summed E-state index contributed by atoms with van der Waals surface area (Å²) < 4.78 is 5.94. The van der Waals surface area contributed by atoms with Gasteiger partial charge in [-0.2, -0.15) is 0 Å². The molecule has 2 nitrogen and oxygen atoms in total. The van der Waals surface area contributed by atoms with E-state index in [0.29, 0.717) is 11.0 Å². The van der Waals surface area contributed by atoms with Gasteiger partial charge in [0, 0.05) is 5.54 Å². The summed E-state index contributed by atoms with van der Waals surface area (Å²) in [6.07, 6.45) is 3.87. The monoisotopic (exact) mass is 225 g/mol. The van der Waals surface area contributed by atoms with Gasteiger partial charge in [-0.05, 0) is 72.4 Å². The van der Waals surface area contributed by atoms with Crippen LogP contribution in [0.1, 0.15) is 53.9 Å². The molecule has 2 fully saturated rings. The molecule has 0 aromatic rings. The lowest BCUT2D eigenvalue weighted by molar-refractivity contribution is 0.0148.